The summed E-state index contributed by atoms with van der Waals surface area (Å²) in [4.78, 5) is 17.1. The van der Waals surface area contributed by atoms with Crippen molar-refractivity contribution in [3.63, 3.8) is 0 Å². The number of fused-ring (bicyclic) bond motifs is 1. The summed E-state index contributed by atoms with van der Waals surface area (Å²) in [5.41, 5.74) is 0.292. The lowest BCUT2D eigenvalue weighted by Crippen LogP contribution is -2.20. The van der Waals surface area contributed by atoms with Crippen LogP contribution < -0.4 is 10.3 Å². The van der Waals surface area contributed by atoms with Crippen molar-refractivity contribution in [2.24, 2.45) is 0 Å². The molecule has 170 valence electrons. The molecule has 4 rings (SSSR count). The molecule has 0 atom stereocenters. The lowest BCUT2D eigenvalue weighted by Gasteiger charge is -2.12. The predicted molar refractivity (Wildman–Crippen MR) is 133 cm³/mol. The molecule has 2 heterocycles. The van der Waals surface area contributed by atoms with Gasteiger partial charge in [-0.2, -0.15) is 10.2 Å². The van der Waals surface area contributed by atoms with Gasteiger partial charge in [-0.3, -0.25) is 9.20 Å². The number of hydrogen-bond acceptors (Lipinski definition) is 6. The maximum Gasteiger partial charge on any atom is 0.269 e. The molecule has 2 aromatic carbocycles. The molecular weight excluding hydrogens is 542 g/mol. The minimum Gasteiger partial charge on any atom is -0.438 e. The Labute approximate surface area is 208 Å². The van der Waals surface area contributed by atoms with E-state index in [0.717, 1.165) is 10.5 Å². The number of benzene rings is 2. The summed E-state index contributed by atoms with van der Waals surface area (Å²) in [6, 6.07) is 17.3. The molecular formula is C24H15BrClN3O4S. The highest BCUT2D eigenvalue weighted by molar-refractivity contribution is 9.10. The maximum atomic E-state index is 13.4. The van der Waals surface area contributed by atoms with Crippen LogP contribution in [0.2, 0.25) is 5.02 Å². The van der Waals surface area contributed by atoms with Gasteiger partial charge >= 0.3 is 0 Å². The third-order valence-electron chi connectivity index (χ3n) is 4.88. The second kappa shape index (κ2) is 9.43. The Kier molecular flexibility index (Phi) is 6.57. The van der Waals surface area contributed by atoms with Crippen LogP contribution in [0.4, 0.5) is 0 Å². The van der Waals surface area contributed by atoms with Gasteiger partial charge in [-0.1, -0.05) is 33.6 Å². The Balaban J connectivity index is 1.95. The van der Waals surface area contributed by atoms with Crippen molar-refractivity contribution in [1.29, 1.82) is 5.26 Å². The maximum absolute atomic E-state index is 13.4. The minimum atomic E-state index is -4.24. The number of pyridine rings is 1. The number of nitrogens with zero attached hydrogens (tertiary/aromatic N) is 3. The van der Waals surface area contributed by atoms with E-state index in [1.54, 1.807) is 49.4 Å². The van der Waals surface area contributed by atoms with Crippen LogP contribution in [0, 0.1) is 18.3 Å². The Morgan fingerprint density at radius 1 is 1.15 bits per heavy atom. The Morgan fingerprint density at radius 3 is 2.47 bits per heavy atom. The van der Waals surface area contributed by atoms with Crippen molar-refractivity contribution < 1.29 is 13.2 Å². The minimum absolute atomic E-state index is 0.124. The van der Waals surface area contributed by atoms with E-state index in [1.807, 2.05) is 0 Å². The predicted octanol–water partition coefficient (Wildman–Crippen LogP) is 5.55. The van der Waals surface area contributed by atoms with E-state index in [9.17, 15) is 18.5 Å². The van der Waals surface area contributed by atoms with Gasteiger partial charge in [-0.15, -0.1) is 0 Å². The fraction of sp³-hybridized carbons (Fsp3) is 0.0417. The van der Waals surface area contributed by atoms with Gasteiger partial charge in [0.2, 0.25) is 15.7 Å². The Bertz CT molecular complexity index is 1640. The number of nitriles is 1. The molecule has 0 bridgehead atoms. The van der Waals surface area contributed by atoms with Crippen molar-refractivity contribution in [3.05, 3.63) is 103 Å². The molecule has 0 N–H and O–H groups in total. The number of ether oxygens (including phenoxy) is 1. The van der Waals surface area contributed by atoms with Crippen LogP contribution in [0.15, 0.2) is 85.9 Å². The molecule has 0 aliphatic carbocycles. The van der Waals surface area contributed by atoms with Gasteiger partial charge in [0.15, 0.2) is 0 Å². The van der Waals surface area contributed by atoms with E-state index in [-0.39, 0.29) is 16.3 Å². The van der Waals surface area contributed by atoms with Crippen molar-refractivity contribution in [2.75, 3.05) is 0 Å². The molecule has 0 spiro atoms. The summed E-state index contributed by atoms with van der Waals surface area (Å²) < 4.78 is 34.2. The normalized spacial score (nSPS) is 11.9. The number of allylic oxidation sites excluding steroid dienone is 1. The van der Waals surface area contributed by atoms with Gasteiger partial charge in [0.25, 0.3) is 5.56 Å². The third kappa shape index (κ3) is 4.61. The number of aromatic nitrogens is 2. The standard InChI is InChI=1S/C24H15BrClN3O4S/c1-15-3-2-12-29-22(15)28-23(33-18-8-4-16(25)5-9-18)21(24(29)30)13-20(14-27)34(31,32)19-10-6-17(26)7-11-19/h2-13H,1H3/b20-13+. The quantitative estimate of drug-likeness (QED) is 0.299. The second-order valence-electron chi connectivity index (χ2n) is 7.15. The van der Waals surface area contributed by atoms with Gasteiger partial charge in [0.05, 0.1) is 4.90 Å². The fourth-order valence-electron chi connectivity index (χ4n) is 3.15. The average Bonchev–Trinajstić information content (AvgIpc) is 2.81. The summed E-state index contributed by atoms with van der Waals surface area (Å²) >= 11 is 9.20. The molecule has 7 nitrogen and oxygen atoms in total. The van der Waals surface area contributed by atoms with Crippen LogP contribution in [-0.4, -0.2) is 17.8 Å². The summed E-state index contributed by atoms with van der Waals surface area (Å²) in [5, 5.41) is 10.0. The van der Waals surface area contributed by atoms with Crippen LogP contribution in [0.25, 0.3) is 11.7 Å². The first-order valence-corrected chi connectivity index (χ1v) is 12.4. The highest BCUT2D eigenvalue weighted by atomic mass is 79.9. The van der Waals surface area contributed by atoms with E-state index in [2.05, 4.69) is 20.9 Å². The van der Waals surface area contributed by atoms with E-state index < -0.39 is 20.3 Å². The second-order valence-corrected chi connectivity index (χ2v) is 10.4. The first-order valence-electron chi connectivity index (χ1n) is 9.78. The third-order valence-corrected chi connectivity index (χ3v) is 7.34. The lowest BCUT2D eigenvalue weighted by molar-refractivity contribution is 0.460. The molecule has 0 saturated heterocycles. The number of halogens is 2. The Hall–Kier alpha value is -3.45. The van der Waals surface area contributed by atoms with E-state index in [1.165, 1.54) is 34.9 Å². The van der Waals surface area contributed by atoms with E-state index >= 15 is 0 Å². The molecule has 0 radical (unpaired) electrons. The topological polar surface area (TPSA) is 102 Å². The molecule has 34 heavy (non-hydrogen) atoms. The van der Waals surface area contributed by atoms with Gasteiger partial charge in [-0.25, -0.2) is 8.42 Å². The lowest BCUT2D eigenvalue weighted by atomic mass is 10.2. The zero-order valence-electron chi connectivity index (χ0n) is 17.6. The monoisotopic (exact) mass is 555 g/mol. The molecule has 0 amide bonds. The molecule has 4 aromatic rings. The number of sulfone groups is 1. The molecule has 0 unspecified atom stereocenters. The number of rotatable bonds is 5. The molecule has 2 aromatic heterocycles. The summed E-state index contributed by atoms with van der Waals surface area (Å²) in [6.45, 7) is 1.78. The van der Waals surface area contributed by atoms with Crippen LogP contribution >= 0.6 is 27.5 Å². The first kappa shape index (κ1) is 23.7. The van der Waals surface area contributed by atoms with E-state index in [4.69, 9.17) is 16.3 Å². The largest absolute Gasteiger partial charge is 0.438 e. The van der Waals surface area contributed by atoms with E-state index in [0.29, 0.717) is 22.0 Å². The van der Waals surface area contributed by atoms with Crippen molar-refractivity contribution in [1.82, 2.24) is 9.38 Å². The summed E-state index contributed by atoms with van der Waals surface area (Å²) in [7, 11) is -4.24. The van der Waals surface area contributed by atoms with Gasteiger partial charge in [0, 0.05) is 15.7 Å². The zero-order valence-corrected chi connectivity index (χ0v) is 20.7. The number of aryl methyl sites for hydroxylation is 1. The first-order chi connectivity index (χ1) is 16.2. The van der Waals surface area contributed by atoms with Crippen LogP contribution in [0.3, 0.4) is 0 Å². The smallest absolute Gasteiger partial charge is 0.269 e. The van der Waals surface area contributed by atoms with Crippen LogP contribution in [0.1, 0.15) is 11.1 Å². The number of hydrogen-bond donors (Lipinski definition) is 0. The van der Waals surface area contributed by atoms with Crippen molar-refractivity contribution in [3.8, 4) is 17.7 Å². The van der Waals surface area contributed by atoms with Gasteiger partial charge in [0.1, 0.15) is 27.9 Å². The molecule has 0 aliphatic rings. The van der Waals surface area contributed by atoms with Crippen LogP contribution in [0.5, 0.6) is 11.6 Å². The molecule has 10 heteroatoms. The van der Waals surface area contributed by atoms with Gasteiger partial charge < -0.3 is 4.74 Å². The van der Waals surface area contributed by atoms with Crippen LogP contribution in [-0.2, 0) is 9.84 Å². The zero-order chi connectivity index (χ0) is 24.5. The Morgan fingerprint density at radius 2 is 1.82 bits per heavy atom. The van der Waals surface area contributed by atoms with Gasteiger partial charge in [-0.05, 0) is 73.2 Å². The molecule has 0 aliphatic heterocycles. The average molecular weight is 557 g/mol. The summed E-state index contributed by atoms with van der Waals surface area (Å²) in [5.74, 6) is 0.252. The molecule has 0 saturated carbocycles. The van der Waals surface area contributed by atoms with Crippen molar-refractivity contribution in [2.45, 2.75) is 11.8 Å². The summed E-state index contributed by atoms with van der Waals surface area (Å²) in [6.07, 6.45) is 2.50. The highest BCUT2D eigenvalue weighted by Crippen LogP contribution is 2.28. The van der Waals surface area contributed by atoms with Crippen molar-refractivity contribution >= 4 is 49.1 Å². The fourth-order valence-corrected chi connectivity index (χ4v) is 4.68. The molecule has 0 fully saturated rings. The highest BCUT2D eigenvalue weighted by Gasteiger charge is 2.24. The SMILES string of the molecule is Cc1cccn2c(=O)c(/C=C(\C#N)S(=O)(=O)c3ccc(Cl)cc3)c(Oc3ccc(Br)cc3)nc12.